The van der Waals surface area contributed by atoms with Crippen molar-refractivity contribution in [1.29, 1.82) is 0 Å². The van der Waals surface area contributed by atoms with Crippen molar-refractivity contribution in [3.8, 4) is 0 Å². The summed E-state index contributed by atoms with van der Waals surface area (Å²) in [6, 6.07) is -0.711. The smallest absolute Gasteiger partial charge is 0.321 e. The highest BCUT2D eigenvalue weighted by Gasteiger charge is 2.09. The Morgan fingerprint density at radius 1 is 1.80 bits per heavy atom. The van der Waals surface area contributed by atoms with Crippen LogP contribution in [0.5, 0.6) is 0 Å². The van der Waals surface area contributed by atoms with E-state index in [1.54, 1.807) is 23.5 Å². The highest BCUT2D eigenvalue weighted by molar-refractivity contribution is 8.15. The summed E-state index contributed by atoms with van der Waals surface area (Å²) in [5, 5.41) is 9.24. The molecule has 0 unspecified atom stereocenters. The number of nitrogens with two attached hydrogens (primary N) is 1. The predicted molar refractivity (Wildman–Crippen MR) is 46.5 cm³/mol. The minimum absolute atomic E-state index is 0.496. The molecular formula is C5H11NO2S2. The zero-order valence-corrected chi connectivity index (χ0v) is 7.37. The van der Waals surface area contributed by atoms with Gasteiger partial charge in [0.05, 0.1) is 0 Å². The van der Waals surface area contributed by atoms with Crippen LogP contribution >= 0.6 is 23.5 Å². The second-order valence-electron chi connectivity index (χ2n) is 1.72. The minimum atomic E-state index is -0.923. The average Bonchev–Trinajstić information content (AvgIpc) is 1.88. The highest BCUT2D eigenvalue weighted by Crippen LogP contribution is 2.08. The molecule has 60 valence electrons. The number of hydrogen-bond donors (Lipinski definition) is 2. The van der Waals surface area contributed by atoms with Gasteiger partial charge in [0, 0.05) is 10.8 Å². The van der Waals surface area contributed by atoms with Crippen LogP contribution in [0.4, 0.5) is 0 Å². The zero-order chi connectivity index (χ0) is 7.98. The largest absolute Gasteiger partial charge is 0.480 e. The van der Waals surface area contributed by atoms with Crippen molar-refractivity contribution in [1.82, 2.24) is 0 Å². The van der Waals surface area contributed by atoms with E-state index in [9.17, 15) is 4.79 Å². The first-order chi connectivity index (χ1) is 4.68. The summed E-state index contributed by atoms with van der Waals surface area (Å²) in [6.45, 7) is 0. The van der Waals surface area contributed by atoms with E-state index in [1.165, 1.54) is 0 Å². The van der Waals surface area contributed by atoms with Gasteiger partial charge in [0.2, 0.25) is 0 Å². The van der Waals surface area contributed by atoms with E-state index in [-0.39, 0.29) is 0 Å². The lowest BCUT2D eigenvalue weighted by Crippen LogP contribution is -2.32. The Morgan fingerprint density at radius 2 is 2.40 bits per heavy atom. The highest BCUT2D eigenvalue weighted by atomic mass is 32.2. The molecule has 1 atom stereocenters. The first-order valence-electron chi connectivity index (χ1n) is 2.73. The van der Waals surface area contributed by atoms with Crippen LogP contribution < -0.4 is 5.73 Å². The summed E-state index contributed by atoms with van der Waals surface area (Å²) in [7, 11) is 0. The fourth-order valence-electron chi connectivity index (χ4n) is 0.330. The van der Waals surface area contributed by atoms with Crippen LogP contribution in [0.25, 0.3) is 0 Å². The number of thioether (sulfide) groups is 2. The van der Waals surface area contributed by atoms with Gasteiger partial charge in [-0.2, -0.15) is 11.8 Å². The van der Waals surface area contributed by atoms with Gasteiger partial charge >= 0.3 is 5.97 Å². The van der Waals surface area contributed by atoms with Gasteiger partial charge < -0.3 is 10.8 Å². The lowest BCUT2D eigenvalue weighted by molar-refractivity contribution is -0.137. The molecule has 0 fully saturated rings. The van der Waals surface area contributed by atoms with Crippen LogP contribution in [0.1, 0.15) is 0 Å². The molecule has 0 heterocycles. The molecular weight excluding hydrogens is 170 g/mol. The molecule has 0 amide bonds. The molecule has 0 aliphatic carbocycles. The molecule has 0 bridgehead atoms. The van der Waals surface area contributed by atoms with Crippen LogP contribution in [0.15, 0.2) is 0 Å². The van der Waals surface area contributed by atoms with Gasteiger partial charge in [-0.1, -0.05) is 0 Å². The average molecular weight is 181 g/mol. The second-order valence-corrected chi connectivity index (χ2v) is 3.98. The fourth-order valence-corrected chi connectivity index (χ4v) is 1.78. The van der Waals surface area contributed by atoms with Crippen molar-refractivity contribution < 1.29 is 9.90 Å². The number of carboxylic acid groups (broad SMARTS) is 1. The minimum Gasteiger partial charge on any atom is -0.480 e. The third kappa shape index (κ3) is 4.96. The fraction of sp³-hybridized carbons (Fsp3) is 0.800. The summed E-state index contributed by atoms with van der Waals surface area (Å²) in [4.78, 5) is 10.1. The third-order valence-electron chi connectivity index (χ3n) is 0.816. The molecule has 3 nitrogen and oxygen atoms in total. The van der Waals surface area contributed by atoms with E-state index in [0.717, 1.165) is 5.08 Å². The van der Waals surface area contributed by atoms with Gasteiger partial charge in [-0.3, -0.25) is 4.79 Å². The second kappa shape index (κ2) is 5.88. The van der Waals surface area contributed by atoms with Crippen LogP contribution in [0, 0.1) is 0 Å². The molecule has 0 aliphatic rings. The number of carboxylic acids is 1. The molecule has 0 saturated carbocycles. The summed E-state index contributed by atoms with van der Waals surface area (Å²) < 4.78 is 0. The predicted octanol–water partition coefficient (Wildman–Crippen LogP) is 0.452. The molecule has 0 aliphatic heterocycles. The van der Waals surface area contributed by atoms with Crippen molar-refractivity contribution in [2.24, 2.45) is 5.73 Å². The number of hydrogen-bond acceptors (Lipinski definition) is 4. The molecule has 5 heteroatoms. The van der Waals surface area contributed by atoms with Crippen molar-refractivity contribution in [3.63, 3.8) is 0 Å². The molecule has 10 heavy (non-hydrogen) atoms. The van der Waals surface area contributed by atoms with Crippen molar-refractivity contribution in [3.05, 3.63) is 0 Å². The first kappa shape index (κ1) is 10.1. The monoisotopic (exact) mass is 181 g/mol. The summed E-state index contributed by atoms with van der Waals surface area (Å²) in [5.74, 6) is -0.426. The van der Waals surface area contributed by atoms with E-state index in [0.29, 0.717) is 5.75 Å². The SMILES string of the molecule is CSCSC[C@@H](N)C(=O)O. The Bertz CT molecular complexity index is 110. The molecule has 3 N–H and O–H groups in total. The third-order valence-corrected chi connectivity index (χ3v) is 3.02. The number of carbonyl (C=O) groups is 1. The number of rotatable bonds is 5. The summed E-state index contributed by atoms with van der Waals surface area (Å²) in [5.41, 5.74) is 5.23. The van der Waals surface area contributed by atoms with Gasteiger partial charge in [-0.25, -0.2) is 0 Å². The maximum atomic E-state index is 10.1. The van der Waals surface area contributed by atoms with Crippen LogP contribution in [0.2, 0.25) is 0 Å². The maximum Gasteiger partial charge on any atom is 0.321 e. The molecule has 0 radical (unpaired) electrons. The van der Waals surface area contributed by atoms with E-state index >= 15 is 0 Å². The molecule has 0 spiro atoms. The van der Waals surface area contributed by atoms with Gasteiger partial charge in [0.1, 0.15) is 6.04 Å². The first-order valence-corrected chi connectivity index (χ1v) is 5.28. The van der Waals surface area contributed by atoms with E-state index in [1.807, 2.05) is 6.26 Å². The Balaban J connectivity index is 3.21. The molecule has 0 rings (SSSR count). The normalized spacial score (nSPS) is 13.0. The van der Waals surface area contributed by atoms with Gasteiger partial charge in [0.15, 0.2) is 0 Å². The molecule has 0 aromatic carbocycles. The van der Waals surface area contributed by atoms with E-state index < -0.39 is 12.0 Å². The maximum absolute atomic E-state index is 10.1. The lowest BCUT2D eigenvalue weighted by atomic mass is 10.4. The number of aliphatic carboxylic acids is 1. The van der Waals surface area contributed by atoms with E-state index in [2.05, 4.69) is 0 Å². The Hall–Kier alpha value is 0.130. The Labute approximate surface area is 68.7 Å². The van der Waals surface area contributed by atoms with Gasteiger partial charge in [-0.05, 0) is 6.26 Å². The standard InChI is InChI=1S/C5H11NO2S2/c1-9-3-10-2-4(6)5(7)8/h4H,2-3,6H2,1H3,(H,7,8)/t4-/m1/s1. The van der Waals surface area contributed by atoms with Crippen molar-refractivity contribution in [2.75, 3.05) is 17.1 Å². The Morgan fingerprint density at radius 3 is 2.80 bits per heavy atom. The summed E-state index contributed by atoms with van der Waals surface area (Å²) in [6.07, 6.45) is 1.97. The van der Waals surface area contributed by atoms with Gasteiger partial charge in [-0.15, -0.1) is 11.8 Å². The molecule has 0 saturated heterocycles. The quantitative estimate of drug-likeness (QED) is 0.476. The molecule has 0 aromatic heterocycles. The Kier molecular flexibility index (Phi) is 5.96. The summed E-state index contributed by atoms with van der Waals surface area (Å²) >= 11 is 3.22. The van der Waals surface area contributed by atoms with Crippen molar-refractivity contribution >= 4 is 29.5 Å². The zero-order valence-electron chi connectivity index (χ0n) is 5.74. The van der Waals surface area contributed by atoms with Crippen LogP contribution in [-0.2, 0) is 4.79 Å². The van der Waals surface area contributed by atoms with Gasteiger partial charge in [0.25, 0.3) is 0 Å². The molecule has 0 aromatic rings. The topological polar surface area (TPSA) is 63.3 Å². The van der Waals surface area contributed by atoms with E-state index in [4.69, 9.17) is 10.8 Å². The van der Waals surface area contributed by atoms with Crippen LogP contribution in [-0.4, -0.2) is 34.2 Å². The van der Waals surface area contributed by atoms with Crippen molar-refractivity contribution in [2.45, 2.75) is 6.04 Å². The lowest BCUT2D eigenvalue weighted by Gasteiger charge is -2.03. The van der Waals surface area contributed by atoms with Crippen LogP contribution in [0.3, 0.4) is 0 Å².